The van der Waals surface area contributed by atoms with Crippen molar-refractivity contribution in [2.75, 3.05) is 6.54 Å². The monoisotopic (exact) mass is 249 g/mol. The number of phenolic OH excluding ortho intramolecular Hbond substituents is 1. The van der Waals surface area contributed by atoms with Crippen molar-refractivity contribution >= 4 is 5.91 Å². The van der Waals surface area contributed by atoms with Crippen molar-refractivity contribution in [2.45, 2.75) is 38.2 Å². The summed E-state index contributed by atoms with van der Waals surface area (Å²) >= 11 is 0. The van der Waals surface area contributed by atoms with E-state index in [0.29, 0.717) is 0 Å². The topological polar surface area (TPSA) is 69.6 Å². The lowest BCUT2D eigenvalue weighted by molar-refractivity contribution is 0.0449. The maximum Gasteiger partial charge on any atom is 0.255 e. The molecule has 1 fully saturated rings. The SMILES string of the molecule is Cc1ccc(C(=O)NCC2(O)CCCC2)c(O)c1. The van der Waals surface area contributed by atoms with E-state index in [4.69, 9.17) is 0 Å². The van der Waals surface area contributed by atoms with Gasteiger partial charge in [-0.15, -0.1) is 0 Å². The van der Waals surface area contributed by atoms with Crippen molar-refractivity contribution in [3.63, 3.8) is 0 Å². The normalized spacial score (nSPS) is 17.7. The summed E-state index contributed by atoms with van der Waals surface area (Å²) in [5.41, 5.74) is 0.386. The number of rotatable bonds is 3. The molecular weight excluding hydrogens is 230 g/mol. The summed E-state index contributed by atoms with van der Waals surface area (Å²) in [5.74, 6) is -0.362. The Balaban J connectivity index is 1.99. The third kappa shape index (κ3) is 2.82. The van der Waals surface area contributed by atoms with Crippen molar-refractivity contribution in [3.8, 4) is 5.75 Å². The first-order valence-electron chi connectivity index (χ1n) is 6.30. The number of benzene rings is 1. The minimum atomic E-state index is -0.768. The number of nitrogens with one attached hydrogen (secondary N) is 1. The lowest BCUT2D eigenvalue weighted by Gasteiger charge is -2.22. The molecule has 0 aliphatic heterocycles. The molecule has 3 N–H and O–H groups in total. The number of phenols is 1. The van der Waals surface area contributed by atoms with E-state index >= 15 is 0 Å². The highest BCUT2D eigenvalue weighted by Crippen LogP contribution is 2.28. The van der Waals surface area contributed by atoms with E-state index in [0.717, 1.165) is 31.2 Å². The van der Waals surface area contributed by atoms with Crippen LogP contribution in [0.1, 0.15) is 41.6 Å². The molecule has 0 bridgehead atoms. The van der Waals surface area contributed by atoms with Crippen molar-refractivity contribution in [1.82, 2.24) is 5.32 Å². The van der Waals surface area contributed by atoms with Crippen molar-refractivity contribution < 1.29 is 15.0 Å². The zero-order valence-electron chi connectivity index (χ0n) is 10.6. The lowest BCUT2D eigenvalue weighted by Crippen LogP contribution is -2.40. The molecule has 2 rings (SSSR count). The predicted molar refractivity (Wildman–Crippen MR) is 68.6 cm³/mol. The number of hydrogen-bond donors (Lipinski definition) is 3. The zero-order valence-corrected chi connectivity index (χ0v) is 10.6. The molecule has 0 aromatic heterocycles. The molecule has 1 saturated carbocycles. The summed E-state index contributed by atoms with van der Waals surface area (Å²) in [6, 6.07) is 4.93. The zero-order chi connectivity index (χ0) is 13.2. The van der Waals surface area contributed by atoms with Crippen LogP contribution in [-0.2, 0) is 0 Å². The third-order valence-electron chi connectivity index (χ3n) is 3.51. The Hall–Kier alpha value is -1.55. The van der Waals surface area contributed by atoms with E-state index in [1.807, 2.05) is 6.92 Å². The smallest absolute Gasteiger partial charge is 0.255 e. The first kappa shape index (κ1) is 12.9. The lowest BCUT2D eigenvalue weighted by atomic mass is 10.0. The summed E-state index contributed by atoms with van der Waals surface area (Å²) in [7, 11) is 0. The number of carbonyl (C=O) groups is 1. The van der Waals surface area contributed by atoms with Crippen LogP contribution >= 0.6 is 0 Å². The van der Waals surface area contributed by atoms with Gasteiger partial charge in [0.2, 0.25) is 0 Å². The van der Waals surface area contributed by atoms with Gasteiger partial charge in [-0.05, 0) is 37.5 Å². The Kier molecular flexibility index (Phi) is 3.57. The van der Waals surface area contributed by atoms with Crippen LogP contribution in [0.5, 0.6) is 5.75 Å². The van der Waals surface area contributed by atoms with Crippen molar-refractivity contribution in [3.05, 3.63) is 29.3 Å². The Morgan fingerprint density at radius 1 is 1.39 bits per heavy atom. The van der Waals surface area contributed by atoms with Crippen LogP contribution in [-0.4, -0.2) is 28.3 Å². The van der Waals surface area contributed by atoms with Crippen LogP contribution in [0, 0.1) is 6.92 Å². The van der Waals surface area contributed by atoms with Crippen LogP contribution in [0.2, 0.25) is 0 Å². The van der Waals surface area contributed by atoms with Gasteiger partial charge >= 0.3 is 0 Å². The van der Waals surface area contributed by atoms with Crippen LogP contribution in [0.25, 0.3) is 0 Å². The molecule has 1 aromatic rings. The summed E-state index contributed by atoms with van der Waals surface area (Å²) in [6.45, 7) is 2.10. The molecular formula is C14H19NO3. The van der Waals surface area contributed by atoms with E-state index < -0.39 is 5.60 Å². The number of aryl methyl sites for hydroxylation is 1. The van der Waals surface area contributed by atoms with Gasteiger partial charge in [-0.25, -0.2) is 0 Å². The molecule has 0 radical (unpaired) electrons. The minimum Gasteiger partial charge on any atom is -0.507 e. The highest BCUT2D eigenvalue weighted by molar-refractivity contribution is 5.96. The van der Waals surface area contributed by atoms with E-state index in [-0.39, 0.29) is 23.8 Å². The number of aliphatic hydroxyl groups is 1. The second-order valence-electron chi connectivity index (χ2n) is 5.13. The van der Waals surface area contributed by atoms with Gasteiger partial charge in [-0.2, -0.15) is 0 Å². The van der Waals surface area contributed by atoms with Crippen LogP contribution in [0.3, 0.4) is 0 Å². The molecule has 18 heavy (non-hydrogen) atoms. The molecule has 4 nitrogen and oxygen atoms in total. The predicted octanol–water partition coefficient (Wildman–Crippen LogP) is 1.74. The fraction of sp³-hybridized carbons (Fsp3) is 0.500. The van der Waals surface area contributed by atoms with Gasteiger partial charge in [0, 0.05) is 6.54 Å². The first-order valence-corrected chi connectivity index (χ1v) is 6.30. The van der Waals surface area contributed by atoms with Gasteiger partial charge < -0.3 is 15.5 Å². The fourth-order valence-corrected chi connectivity index (χ4v) is 2.38. The molecule has 0 atom stereocenters. The van der Waals surface area contributed by atoms with E-state index in [1.54, 1.807) is 18.2 Å². The second-order valence-corrected chi connectivity index (χ2v) is 5.13. The maximum absolute atomic E-state index is 11.9. The number of aromatic hydroxyl groups is 1. The fourth-order valence-electron chi connectivity index (χ4n) is 2.38. The second kappa shape index (κ2) is 4.98. The summed E-state index contributed by atoms with van der Waals surface area (Å²) < 4.78 is 0. The van der Waals surface area contributed by atoms with Crippen LogP contribution in [0.4, 0.5) is 0 Å². The van der Waals surface area contributed by atoms with Crippen LogP contribution in [0.15, 0.2) is 18.2 Å². The van der Waals surface area contributed by atoms with E-state index in [1.165, 1.54) is 0 Å². The number of hydrogen-bond acceptors (Lipinski definition) is 3. The molecule has 4 heteroatoms. The molecule has 0 spiro atoms. The average Bonchev–Trinajstić information content (AvgIpc) is 2.74. The molecule has 1 aliphatic rings. The quantitative estimate of drug-likeness (QED) is 0.764. The molecule has 1 aliphatic carbocycles. The Morgan fingerprint density at radius 3 is 2.67 bits per heavy atom. The van der Waals surface area contributed by atoms with E-state index in [2.05, 4.69) is 5.32 Å². The highest BCUT2D eigenvalue weighted by atomic mass is 16.3. The highest BCUT2D eigenvalue weighted by Gasteiger charge is 2.31. The van der Waals surface area contributed by atoms with Gasteiger partial charge in [-0.3, -0.25) is 4.79 Å². The summed E-state index contributed by atoms with van der Waals surface area (Å²) in [4.78, 5) is 11.9. The molecule has 0 saturated heterocycles. The van der Waals surface area contributed by atoms with Gasteiger partial charge in [0.15, 0.2) is 0 Å². The van der Waals surface area contributed by atoms with Gasteiger partial charge in [-0.1, -0.05) is 18.9 Å². The molecule has 98 valence electrons. The summed E-state index contributed by atoms with van der Waals surface area (Å²) in [6.07, 6.45) is 3.46. The third-order valence-corrected chi connectivity index (χ3v) is 3.51. The standard InChI is InChI=1S/C14H19NO3/c1-10-4-5-11(12(16)8-10)13(17)15-9-14(18)6-2-3-7-14/h4-5,8,16,18H,2-3,6-7,9H2,1H3,(H,15,17). The van der Waals surface area contributed by atoms with E-state index in [9.17, 15) is 15.0 Å². The van der Waals surface area contributed by atoms with Crippen molar-refractivity contribution in [2.24, 2.45) is 0 Å². The molecule has 0 heterocycles. The van der Waals surface area contributed by atoms with Gasteiger partial charge in [0.25, 0.3) is 5.91 Å². The first-order chi connectivity index (χ1) is 8.50. The number of carbonyl (C=O) groups excluding carboxylic acids is 1. The Labute approximate surface area is 107 Å². The number of amides is 1. The van der Waals surface area contributed by atoms with Gasteiger partial charge in [0.05, 0.1) is 11.2 Å². The minimum absolute atomic E-state index is 0.0223. The van der Waals surface area contributed by atoms with Crippen LogP contribution < -0.4 is 5.32 Å². The largest absolute Gasteiger partial charge is 0.507 e. The Bertz CT molecular complexity index is 450. The molecule has 1 aromatic carbocycles. The Morgan fingerprint density at radius 2 is 2.06 bits per heavy atom. The van der Waals surface area contributed by atoms with Crippen molar-refractivity contribution in [1.29, 1.82) is 0 Å². The maximum atomic E-state index is 11.9. The summed E-state index contributed by atoms with van der Waals surface area (Å²) in [5, 5.41) is 22.5. The molecule has 1 amide bonds. The molecule has 0 unspecified atom stereocenters. The average molecular weight is 249 g/mol. The van der Waals surface area contributed by atoms with Gasteiger partial charge in [0.1, 0.15) is 5.75 Å².